The maximum atomic E-state index is 13.5. The number of carbonyl (C=O) groups excluding carboxylic acids is 2. The molecule has 1 unspecified atom stereocenters. The van der Waals surface area contributed by atoms with Crippen LogP contribution >= 0.6 is 22.9 Å². The molecule has 2 aromatic carbocycles. The number of fused-ring (bicyclic) bond motifs is 1. The van der Waals surface area contributed by atoms with E-state index in [2.05, 4.69) is 0 Å². The van der Waals surface area contributed by atoms with Gasteiger partial charge >= 0.3 is 0 Å². The third kappa shape index (κ3) is 3.18. The fourth-order valence-electron chi connectivity index (χ4n) is 3.89. The van der Waals surface area contributed by atoms with Crippen molar-refractivity contribution in [2.45, 2.75) is 6.04 Å². The molecule has 0 spiro atoms. The van der Waals surface area contributed by atoms with E-state index in [0.717, 1.165) is 4.88 Å². The van der Waals surface area contributed by atoms with E-state index in [1.54, 1.807) is 48.5 Å². The maximum Gasteiger partial charge on any atom is 0.294 e. The Labute approximate surface area is 191 Å². The van der Waals surface area contributed by atoms with Crippen LogP contribution in [0.3, 0.4) is 0 Å². The summed E-state index contributed by atoms with van der Waals surface area (Å²) in [4.78, 5) is 28.9. The van der Waals surface area contributed by atoms with Crippen molar-refractivity contribution in [2.24, 2.45) is 0 Å². The second-order valence-electron chi connectivity index (χ2n) is 7.15. The highest BCUT2D eigenvalue weighted by atomic mass is 35.5. The van der Waals surface area contributed by atoms with Gasteiger partial charge in [-0.15, -0.1) is 11.3 Å². The molecule has 8 heteroatoms. The van der Waals surface area contributed by atoms with Crippen molar-refractivity contribution >= 4 is 51.3 Å². The Balaban J connectivity index is 1.66. The summed E-state index contributed by atoms with van der Waals surface area (Å²) in [6.45, 7) is 0. The number of rotatable bonds is 5. The van der Waals surface area contributed by atoms with Crippen LogP contribution in [0.15, 0.2) is 81.8 Å². The molecule has 4 aromatic rings. The van der Waals surface area contributed by atoms with Gasteiger partial charge in [0.1, 0.15) is 17.4 Å². The number of ether oxygens (including phenoxy) is 1. The summed E-state index contributed by atoms with van der Waals surface area (Å²) < 4.78 is 11.2. The fourth-order valence-corrected chi connectivity index (χ4v) is 4.89. The number of halogens is 1. The van der Waals surface area contributed by atoms with Gasteiger partial charge in [-0.05, 0) is 47.8 Å². The van der Waals surface area contributed by atoms with Crippen LogP contribution in [0.5, 0.6) is 5.75 Å². The molecule has 1 atom stereocenters. The zero-order chi connectivity index (χ0) is 22.4. The molecule has 0 saturated carbocycles. The van der Waals surface area contributed by atoms with Crippen molar-refractivity contribution in [3.8, 4) is 5.75 Å². The Morgan fingerprint density at radius 3 is 2.72 bits per heavy atom. The molecule has 0 bridgehead atoms. The molecular formula is C24H16ClNO5S. The van der Waals surface area contributed by atoms with Crippen molar-refractivity contribution in [3.05, 3.63) is 93.0 Å². The number of hydrogen-bond donors (Lipinski definition) is 1. The standard InChI is InChI=1S/C24H16ClNO5S/c1-30-17-6-3-2-5-15(17)26-21(19-7-4-10-32-19)20(23(28)24(26)29)22(27)18-12-13-11-14(25)8-9-16(13)31-18/h2-12,21,28H,1H3. The summed E-state index contributed by atoms with van der Waals surface area (Å²) in [6.07, 6.45) is 0. The minimum Gasteiger partial charge on any atom is -0.503 e. The van der Waals surface area contributed by atoms with E-state index in [1.807, 2.05) is 17.5 Å². The first-order chi connectivity index (χ1) is 15.5. The smallest absolute Gasteiger partial charge is 0.294 e. The van der Waals surface area contributed by atoms with E-state index in [9.17, 15) is 14.7 Å². The summed E-state index contributed by atoms with van der Waals surface area (Å²) in [5.74, 6) is -1.41. The fraction of sp³-hybridized carbons (Fsp3) is 0.0833. The first kappa shape index (κ1) is 20.4. The summed E-state index contributed by atoms with van der Waals surface area (Å²) in [6, 6.07) is 16.3. The second kappa shape index (κ2) is 7.85. The van der Waals surface area contributed by atoms with E-state index in [0.29, 0.717) is 27.4 Å². The Morgan fingerprint density at radius 2 is 1.97 bits per heavy atom. The van der Waals surface area contributed by atoms with Gasteiger partial charge in [-0.2, -0.15) is 0 Å². The van der Waals surface area contributed by atoms with Crippen LogP contribution in [0, 0.1) is 0 Å². The Kier molecular flexibility index (Phi) is 5.00. The molecule has 1 N–H and O–H groups in total. The lowest BCUT2D eigenvalue weighted by Crippen LogP contribution is -2.30. The minimum absolute atomic E-state index is 0.0139. The number of benzene rings is 2. The number of para-hydroxylation sites is 2. The van der Waals surface area contributed by atoms with E-state index in [1.165, 1.54) is 23.3 Å². The van der Waals surface area contributed by atoms with Crippen LogP contribution in [-0.2, 0) is 4.79 Å². The zero-order valence-electron chi connectivity index (χ0n) is 16.7. The molecule has 1 aliphatic rings. The van der Waals surface area contributed by atoms with E-state index >= 15 is 0 Å². The van der Waals surface area contributed by atoms with E-state index in [-0.39, 0.29) is 11.3 Å². The number of hydrogen-bond acceptors (Lipinski definition) is 6. The summed E-state index contributed by atoms with van der Waals surface area (Å²) in [7, 11) is 1.50. The lowest BCUT2D eigenvalue weighted by Gasteiger charge is -2.26. The quantitative estimate of drug-likeness (QED) is 0.369. The molecule has 3 heterocycles. The van der Waals surface area contributed by atoms with Gasteiger partial charge < -0.3 is 14.3 Å². The van der Waals surface area contributed by atoms with Gasteiger partial charge in [0.15, 0.2) is 11.5 Å². The lowest BCUT2D eigenvalue weighted by molar-refractivity contribution is -0.117. The van der Waals surface area contributed by atoms with Gasteiger partial charge in [-0.3, -0.25) is 14.5 Å². The Bertz CT molecular complexity index is 1390. The highest BCUT2D eigenvalue weighted by Crippen LogP contribution is 2.46. The number of furan rings is 1. The van der Waals surface area contributed by atoms with Crippen molar-refractivity contribution in [2.75, 3.05) is 12.0 Å². The average Bonchev–Trinajstić information content (AvgIpc) is 3.52. The molecule has 0 radical (unpaired) electrons. The zero-order valence-corrected chi connectivity index (χ0v) is 18.3. The number of carbonyl (C=O) groups is 2. The topological polar surface area (TPSA) is 80.0 Å². The molecule has 1 aliphatic heterocycles. The highest BCUT2D eigenvalue weighted by molar-refractivity contribution is 7.10. The SMILES string of the molecule is COc1ccccc1N1C(=O)C(O)=C(C(=O)c2cc3cc(Cl)ccc3o2)C1c1cccs1. The third-order valence-corrected chi connectivity index (χ3v) is 6.47. The molecule has 6 nitrogen and oxygen atoms in total. The van der Waals surface area contributed by atoms with Crippen molar-refractivity contribution < 1.29 is 23.8 Å². The highest BCUT2D eigenvalue weighted by Gasteiger charge is 2.46. The van der Waals surface area contributed by atoms with E-state index in [4.69, 9.17) is 20.8 Å². The number of nitrogens with zero attached hydrogens (tertiary/aromatic N) is 1. The number of anilines is 1. The van der Waals surface area contributed by atoms with Gasteiger partial charge in [0.05, 0.1) is 18.4 Å². The van der Waals surface area contributed by atoms with Crippen molar-refractivity contribution in [1.29, 1.82) is 0 Å². The molecule has 160 valence electrons. The van der Waals surface area contributed by atoms with Crippen LogP contribution in [-0.4, -0.2) is 23.9 Å². The first-order valence-corrected chi connectivity index (χ1v) is 10.9. The van der Waals surface area contributed by atoms with Gasteiger partial charge in [-0.25, -0.2) is 0 Å². The molecule has 2 aromatic heterocycles. The third-order valence-electron chi connectivity index (χ3n) is 5.31. The largest absolute Gasteiger partial charge is 0.503 e. The number of aliphatic hydroxyl groups is 1. The van der Waals surface area contributed by atoms with E-state index < -0.39 is 23.5 Å². The minimum atomic E-state index is -0.830. The predicted octanol–water partition coefficient (Wildman–Crippen LogP) is 5.94. The van der Waals surface area contributed by atoms with Crippen molar-refractivity contribution in [1.82, 2.24) is 0 Å². The number of thiophene rings is 1. The van der Waals surface area contributed by atoms with Gasteiger partial charge in [0.25, 0.3) is 5.91 Å². The summed E-state index contributed by atoms with van der Waals surface area (Å²) in [5.41, 5.74) is 0.883. The number of ketones is 1. The van der Waals surface area contributed by atoms with Gasteiger partial charge in [-0.1, -0.05) is 29.8 Å². The number of Topliss-reactive ketones (excluding diaryl/α,β-unsaturated/α-hetero) is 1. The molecule has 0 fully saturated rings. The summed E-state index contributed by atoms with van der Waals surface area (Å²) in [5, 5.41) is 13.9. The second-order valence-corrected chi connectivity index (χ2v) is 8.56. The average molecular weight is 466 g/mol. The Morgan fingerprint density at radius 1 is 1.16 bits per heavy atom. The number of aliphatic hydroxyl groups excluding tert-OH is 1. The van der Waals surface area contributed by atoms with Crippen molar-refractivity contribution in [3.63, 3.8) is 0 Å². The lowest BCUT2D eigenvalue weighted by atomic mass is 10.00. The van der Waals surface area contributed by atoms with Crippen LogP contribution in [0.4, 0.5) is 5.69 Å². The van der Waals surface area contributed by atoms with Crippen LogP contribution in [0.2, 0.25) is 5.02 Å². The van der Waals surface area contributed by atoms with Crippen LogP contribution in [0.1, 0.15) is 21.5 Å². The number of amides is 1. The Hall–Kier alpha value is -3.55. The molecular weight excluding hydrogens is 450 g/mol. The van der Waals surface area contributed by atoms with Gasteiger partial charge in [0, 0.05) is 15.3 Å². The summed E-state index contributed by atoms with van der Waals surface area (Å²) >= 11 is 7.42. The normalized spacial score (nSPS) is 16.2. The van der Waals surface area contributed by atoms with Crippen LogP contribution < -0.4 is 9.64 Å². The predicted molar refractivity (Wildman–Crippen MR) is 123 cm³/mol. The maximum absolute atomic E-state index is 13.5. The molecule has 0 saturated heterocycles. The molecule has 5 rings (SSSR count). The van der Waals surface area contributed by atoms with Gasteiger partial charge in [0.2, 0.25) is 5.78 Å². The first-order valence-electron chi connectivity index (χ1n) is 9.66. The van der Waals surface area contributed by atoms with Crippen LogP contribution in [0.25, 0.3) is 11.0 Å². The molecule has 32 heavy (non-hydrogen) atoms. The monoisotopic (exact) mass is 465 g/mol. The molecule has 0 aliphatic carbocycles. The molecule has 1 amide bonds. The number of methoxy groups -OCH3 is 1.